The van der Waals surface area contributed by atoms with Crippen molar-refractivity contribution in [2.75, 3.05) is 0 Å². The topological polar surface area (TPSA) is 66.4 Å². The van der Waals surface area contributed by atoms with E-state index in [0.717, 1.165) is 6.08 Å². The number of carboxylic acids is 1. The average Bonchev–Trinajstić information content (AvgIpc) is 2.03. The molecule has 0 fully saturated rings. The minimum Gasteiger partial charge on any atom is -0.480 e. The maximum Gasteiger partial charge on any atom is 0.329 e. The normalized spacial score (nSPS) is 14.5. The minimum absolute atomic E-state index is 0.335. The molecule has 1 amide bonds. The van der Waals surface area contributed by atoms with Gasteiger partial charge in [0.1, 0.15) is 5.54 Å². The molecule has 4 heteroatoms. The standard InChI is InChI=1S/C8H13NO3/c1-4-6(10)9-8(3,5-2)7(11)12/h4H,1,5H2,2-3H3,(H,9,10)(H,11,12). The van der Waals surface area contributed by atoms with Gasteiger partial charge in [-0.3, -0.25) is 4.79 Å². The van der Waals surface area contributed by atoms with Gasteiger partial charge in [0, 0.05) is 0 Å². The zero-order valence-electron chi connectivity index (χ0n) is 7.26. The third kappa shape index (κ3) is 2.38. The van der Waals surface area contributed by atoms with Crippen molar-refractivity contribution in [3.8, 4) is 0 Å². The highest BCUT2D eigenvalue weighted by Gasteiger charge is 2.31. The van der Waals surface area contributed by atoms with E-state index in [0.29, 0.717) is 6.42 Å². The van der Waals surface area contributed by atoms with Gasteiger partial charge >= 0.3 is 5.97 Å². The summed E-state index contributed by atoms with van der Waals surface area (Å²) >= 11 is 0. The van der Waals surface area contributed by atoms with E-state index in [1.807, 2.05) is 0 Å². The summed E-state index contributed by atoms with van der Waals surface area (Å²) in [5.41, 5.74) is -1.19. The number of aliphatic carboxylic acids is 1. The van der Waals surface area contributed by atoms with Gasteiger partial charge in [0.15, 0.2) is 0 Å². The van der Waals surface area contributed by atoms with Crippen molar-refractivity contribution < 1.29 is 14.7 Å². The van der Waals surface area contributed by atoms with Crippen LogP contribution in [0.3, 0.4) is 0 Å². The van der Waals surface area contributed by atoms with E-state index in [2.05, 4.69) is 11.9 Å². The Kier molecular flexibility index (Phi) is 3.47. The molecule has 0 aliphatic carbocycles. The van der Waals surface area contributed by atoms with Crippen molar-refractivity contribution in [2.45, 2.75) is 25.8 Å². The number of hydrogen-bond acceptors (Lipinski definition) is 2. The van der Waals surface area contributed by atoms with Gasteiger partial charge in [-0.25, -0.2) is 4.79 Å². The van der Waals surface area contributed by atoms with E-state index in [-0.39, 0.29) is 0 Å². The fourth-order valence-corrected chi connectivity index (χ4v) is 0.616. The van der Waals surface area contributed by atoms with E-state index in [1.165, 1.54) is 6.92 Å². The molecule has 0 rings (SSSR count). The lowest BCUT2D eigenvalue weighted by atomic mass is 9.99. The molecule has 0 saturated heterocycles. The monoisotopic (exact) mass is 171 g/mol. The second-order valence-corrected chi connectivity index (χ2v) is 2.68. The van der Waals surface area contributed by atoms with Crippen LogP contribution >= 0.6 is 0 Å². The van der Waals surface area contributed by atoms with E-state index in [1.54, 1.807) is 6.92 Å². The van der Waals surface area contributed by atoms with Gasteiger partial charge in [-0.15, -0.1) is 0 Å². The fraction of sp³-hybridized carbons (Fsp3) is 0.500. The SMILES string of the molecule is C=CC(=O)NC(C)(CC)C(=O)O. The molecule has 0 aromatic heterocycles. The van der Waals surface area contributed by atoms with Crippen molar-refractivity contribution in [2.24, 2.45) is 0 Å². The van der Waals surface area contributed by atoms with Crippen LogP contribution in [0.5, 0.6) is 0 Å². The summed E-state index contributed by atoms with van der Waals surface area (Å²) in [6, 6.07) is 0. The molecule has 0 aliphatic heterocycles. The second-order valence-electron chi connectivity index (χ2n) is 2.68. The molecular weight excluding hydrogens is 158 g/mol. The van der Waals surface area contributed by atoms with Crippen molar-refractivity contribution in [3.63, 3.8) is 0 Å². The average molecular weight is 171 g/mol. The molecule has 4 nitrogen and oxygen atoms in total. The van der Waals surface area contributed by atoms with Gasteiger partial charge in [0.2, 0.25) is 5.91 Å². The summed E-state index contributed by atoms with van der Waals surface area (Å²) in [6.07, 6.45) is 1.39. The Bertz CT molecular complexity index is 212. The summed E-state index contributed by atoms with van der Waals surface area (Å²) in [7, 11) is 0. The zero-order chi connectivity index (χ0) is 9.78. The first-order chi connectivity index (χ1) is 5.46. The molecule has 0 saturated carbocycles. The molecule has 1 unspecified atom stereocenters. The highest BCUT2D eigenvalue weighted by molar-refractivity contribution is 5.92. The van der Waals surface area contributed by atoms with E-state index in [4.69, 9.17) is 5.11 Å². The first kappa shape index (κ1) is 10.7. The van der Waals surface area contributed by atoms with Gasteiger partial charge in [0.25, 0.3) is 0 Å². The molecule has 0 bridgehead atoms. The summed E-state index contributed by atoms with van der Waals surface area (Å²) in [4.78, 5) is 21.5. The number of amides is 1. The molecule has 0 aromatic carbocycles. The maximum absolute atomic E-state index is 10.8. The Morgan fingerprint density at radius 3 is 2.42 bits per heavy atom. The van der Waals surface area contributed by atoms with Crippen LogP contribution in [0.1, 0.15) is 20.3 Å². The zero-order valence-corrected chi connectivity index (χ0v) is 7.26. The predicted octanol–water partition coefficient (Wildman–Crippen LogP) is 0.542. The van der Waals surface area contributed by atoms with Crippen LogP contribution < -0.4 is 5.32 Å². The molecule has 0 radical (unpaired) electrons. The highest BCUT2D eigenvalue weighted by Crippen LogP contribution is 2.08. The first-order valence-electron chi connectivity index (χ1n) is 3.64. The van der Waals surface area contributed by atoms with Crippen molar-refractivity contribution >= 4 is 11.9 Å². The van der Waals surface area contributed by atoms with Gasteiger partial charge in [-0.05, 0) is 19.4 Å². The van der Waals surface area contributed by atoms with E-state index in [9.17, 15) is 9.59 Å². The number of carboxylic acid groups (broad SMARTS) is 1. The predicted molar refractivity (Wildman–Crippen MR) is 44.7 cm³/mol. The number of hydrogen-bond donors (Lipinski definition) is 2. The van der Waals surface area contributed by atoms with E-state index >= 15 is 0 Å². The minimum atomic E-state index is -1.19. The Hall–Kier alpha value is -1.32. The van der Waals surface area contributed by atoms with Crippen LogP contribution in [-0.4, -0.2) is 22.5 Å². The molecular formula is C8H13NO3. The Balaban J connectivity index is 4.44. The summed E-state index contributed by atoms with van der Waals surface area (Å²) in [5.74, 6) is -1.51. The third-order valence-corrected chi connectivity index (χ3v) is 1.76. The van der Waals surface area contributed by atoms with Crippen LogP contribution in [0, 0.1) is 0 Å². The van der Waals surface area contributed by atoms with Crippen LogP contribution in [0.25, 0.3) is 0 Å². The lowest BCUT2D eigenvalue weighted by Gasteiger charge is -2.23. The number of nitrogens with one attached hydrogen (secondary N) is 1. The lowest BCUT2D eigenvalue weighted by Crippen LogP contribution is -2.51. The lowest BCUT2D eigenvalue weighted by molar-refractivity contribution is -0.146. The summed E-state index contributed by atoms with van der Waals surface area (Å²) in [5, 5.41) is 11.1. The second kappa shape index (κ2) is 3.90. The molecule has 0 aliphatic rings. The quantitative estimate of drug-likeness (QED) is 0.607. The summed E-state index contributed by atoms with van der Waals surface area (Å²) in [6.45, 7) is 6.38. The highest BCUT2D eigenvalue weighted by atomic mass is 16.4. The fourth-order valence-electron chi connectivity index (χ4n) is 0.616. The smallest absolute Gasteiger partial charge is 0.329 e. The van der Waals surface area contributed by atoms with Crippen molar-refractivity contribution in [1.29, 1.82) is 0 Å². The maximum atomic E-state index is 10.8. The van der Waals surface area contributed by atoms with Gasteiger partial charge < -0.3 is 10.4 Å². The number of carbonyl (C=O) groups is 2. The number of rotatable bonds is 4. The van der Waals surface area contributed by atoms with Crippen LogP contribution in [0.4, 0.5) is 0 Å². The van der Waals surface area contributed by atoms with Gasteiger partial charge in [-0.1, -0.05) is 13.5 Å². The molecule has 0 aromatic rings. The van der Waals surface area contributed by atoms with Crippen LogP contribution in [-0.2, 0) is 9.59 Å². The van der Waals surface area contributed by atoms with E-state index < -0.39 is 17.4 Å². The molecule has 12 heavy (non-hydrogen) atoms. The van der Waals surface area contributed by atoms with Crippen LogP contribution in [0.15, 0.2) is 12.7 Å². The molecule has 1 atom stereocenters. The van der Waals surface area contributed by atoms with Crippen molar-refractivity contribution in [3.05, 3.63) is 12.7 Å². The Morgan fingerprint density at radius 1 is 1.67 bits per heavy atom. The Morgan fingerprint density at radius 2 is 2.17 bits per heavy atom. The molecule has 0 heterocycles. The largest absolute Gasteiger partial charge is 0.480 e. The molecule has 68 valence electrons. The molecule has 0 spiro atoms. The number of carbonyl (C=O) groups excluding carboxylic acids is 1. The van der Waals surface area contributed by atoms with Crippen LogP contribution in [0.2, 0.25) is 0 Å². The molecule has 2 N–H and O–H groups in total. The van der Waals surface area contributed by atoms with Crippen molar-refractivity contribution in [1.82, 2.24) is 5.32 Å². The first-order valence-corrected chi connectivity index (χ1v) is 3.64. The van der Waals surface area contributed by atoms with Gasteiger partial charge in [0.05, 0.1) is 0 Å². The summed E-state index contributed by atoms with van der Waals surface area (Å²) < 4.78 is 0. The van der Waals surface area contributed by atoms with Gasteiger partial charge in [-0.2, -0.15) is 0 Å². The third-order valence-electron chi connectivity index (χ3n) is 1.76. The Labute approximate surface area is 71.3 Å².